The Labute approximate surface area is 185 Å². The van der Waals surface area contributed by atoms with Gasteiger partial charge in [0.1, 0.15) is 11.3 Å². The minimum Gasteiger partial charge on any atom is -0.503 e. The van der Waals surface area contributed by atoms with E-state index in [0.29, 0.717) is 23.5 Å². The van der Waals surface area contributed by atoms with Gasteiger partial charge in [-0.25, -0.2) is 0 Å². The zero-order valence-electron chi connectivity index (χ0n) is 18.0. The number of furan rings is 1. The largest absolute Gasteiger partial charge is 0.503 e. The van der Waals surface area contributed by atoms with E-state index in [2.05, 4.69) is 0 Å². The molecule has 1 amide bonds. The molecule has 32 heavy (non-hydrogen) atoms. The van der Waals surface area contributed by atoms with E-state index < -0.39 is 23.5 Å². The zero-order valence-corrected chi connectivity index (χ0v) is 18.0. The fraction of sp³-hybridized carbons (Fsp3) is 0.280. The fourth-order valence-electron chi connectivity index (χ4n) is 3.85. The summed E-state index contributed by atoms with van der Waals surface area (Å²) in [5.41, 5.74) is 1.24. The summed E-state index contributed by atoms with van der Waals surface area (Å²) in [6, 6.07) is 15.3. The first-order valence-corrected chi connectivity index (χ1v) is 10.5. The summed E-state index contributed by atoms with van der Waals surface area (Å²) in [5, 5.41) is 11.5. The number of amides is 1. The van der Waals surface area contributed by atoms with E-state index in [1.807, 2.05) is 25.1 Å². The lowest BCUT2D eigenvalue weighted by Gasteiger charge is -2.26. The maximum Gasteiger partial charge on any atom is 0.290 e. The topological polar surface area (TPSA) is 89.2 Å². The van der Waals surface area contributed by atoms with Gasteiger partial charge < -0.3 is 23.9 Å². The maximum absolute atomic E-state index is 13.4. The highest BCUT2D eigenvalue weighted by atomic mass is 16.5. The molecule has 0 saturated heterocycles. The van der Waals surface area contributed by atoms with Crippen molar-refractivity contribution >= 4 is 22.7 Å². The number of carbonyl (C=O) groups is 2. The summed E-state index contributed by atoms with van der Waals surface area (Å²) in [4.78, 5) is 27.8. The molecule has 1 aliphatic heterocycles. The van der Waals surface area contributed by atoms with Gasteiger partial charge in [-0.3, -0.25) is 9.59 Å². The lowest BCUT2D eigenvalue weighted by molar-refractivity contribution is -0.130. The van der Waals surface area contributed by atoms with E-state index in [-0.39, 0.29) is 24.5 Å². The predicted octanol–water partition coefficient (Wildman–Crippen LogP) is 4.45. The Hall–Kier alpha value is -3.58. The van der Waals surface area contributed by atoms with Crippen LogP contribution in [0.3, 0.4) is 0 Å². The number of hydrogen-bond acceptors (Lipinski definition) is 6. The minimum atomic E-state index is -0.765. The Kier molecular flexibility index (Phi) is 6.28. The smallest absolute Gasteiger partial charge is 0.290 e. The first-order chi connectivity index (χ1) is 15.5. The van der Waals surface area contributed by atoms with Crippen LogP contribution in [0, 0.1) is 0 Å². The molecule has 0 radical (unpaired) electrons. The molecule has 0 saturated carbocycles. The molecular formula is C25H25NO6. The van der Waals surface area contributed by atoms with Gasteiger partial charge in [0.25, 0.3) is 5.91 Å². The third-order valence-electron chi connectivity index (χ3n) is 5.40. The van der Waals surface area contributed by atoms with Crippen LogP contribution in [0.15, 0.2) is 70.3 Å². The first kappa shape index (κ1) is 21.6. The molecule has 1 aliphatic rings. The second-order valence-electron chi connectivity index (χ2n) is 7.55. The van der Waals surface area contributed by atoms with Gasteiger partial charge in [-0.15, -0.1) is 0 Å². The van der Waals surface area contributed by atoms with Crippen molar-refractivity contribution in [3.05, 3.63) is 77.3 Å². The van der Waals surface area contributed by atoms with E-state index in [4.69, 9.17) is 13.9 Å². The number of carbonyl (C=O) groups excluding carboxylic acids is 2. The molecule has 3 aromatic rings. The molecule has 0 fully saturated rings. The standard InChI is InChI=1S/C25H25NO6/c1-3-13-31-18-10-8-16(9-11-18)22-21(24(28)25(29)26(22)12-14-30-2)23(27)20-15-17-6-4-5-7-19(17)32-20/h4-11,15,22,28H,3,12-14H2,1-2H3. The minimum absolute atomic E-state index is 0.00705. The van der Waals surface area contributed by atoms with Crippen LogP contribution >= 0.6 is 0 Å². The molecule has 7 nitrogen and oxygen atoms in total. The van der Waals surface area contributed by atoms with Gasteiger partial charge in [-0.2, -0.15) is 0 Å². The van der Waals surface area contributed by atoms with Gasteiger partial charge in [-0.05, 0) is 36.2 Å². The average molecular weight is 435 g/mol. The van der Waals surface area contributed by atoms with Gasteiger partial charge >= 0.3 is 0 Å². The van der Waals surface area contributed by atoms with Crippen LogP contribution < -0.4 is 4.74 Å². The molecule has 0 spiro atoms. The number of methoxy groups -OCH3 is 1. The lowest BCUT2D eigenvalue weighted by Crippen LogP contribution is -2.34. The second kappa shape index (κ2) is 9.28. The van der Waals surface area contributed by atoms with Crippen molar-refractivity contribution in [1.29, 1.82) is 0 Å². The van der Waals surface area contributed by atoms with Crippen molar-refractivity contribution in [2.45, 2.75) is 19.4 Å². The van der Waals surface area contributed by atoms with Gasteiger partial charge in [0.15, 0.2) is 11.5 Å². The van der Waals surface area contributed by atoms with Crippen molar-refractivity contribution in [2.75, 3.05) is 26.9 Å². The van der Waals surface area contributed by atoms with Crippen molar-refractivity contribution in [3.63, 3.8) is 0 Å². The van der Waals surface area contributed by atoms with E-state index in [9.17, 15) is 14.7 Å². The Balaban J connectivity index is 1.73. The lowest BCUT2D eigenvalue weighted by atomic mass is 9.95. The number of ketones is 1. The summed E-state index contributed by atoms with van der Waals surface area (Å²) in [5.74, 6) is -0.937. The van der Waals surface area contributed by atoms with Crippen LogP contribution in [0.2, 0.25) is 0 Å². The average Bonchev–Trinajstić information content (AvgIpc) is 3.36. The molecule has 2 aromatic carbocycles. The molecule has 1 unspecified atom stereocenters. The third kappa shape index (κ3) is 3.99. The van der Waals surface area contributed by atoms with E-state index >= 15 is 0 Å². The zero-order chi connectivity index (χ0) is 22.7. The molecule has 1 atom stereocenters. The van der Waals surface area contributed by atoms with Crippen LogP contribution in [0.5, 0.6) is 5.75 Å². The highest BCUT2D eigenvalue weighted by Gasteiger charge is 2.44. The molecule has 1 N–H and O–H groups in total. The molecule has 2 heterocycles. The molecule has 0 aliphatic carbocycles. The van der Waals surface area contributed by atoms with Gasteiger partial charge in [0.2, 0.25) is 5.78 Å². The number of rotatable bonds is 9. The van der Waals surface area contributed by atoms with Gasteiger partial charge in [-0.1, -0.05) is 37.3 Å². The summed E-state index contributed by atoms with van der Waals surface area (Å²) >= 11 is 0. The maximum atomic E-state index is 13.4. The summed E-state index contributed by atoms with van der Waals surface area (Å²) in [7, 11) is 1.53. The first-order valence-electron chi connectivity index (χ1n) is 10.5. The number of para-hydroxylation sites is 1. The highest BCUT2D eigenvalue weighted by Crippen LogP contribution is 2.39. The van der Waals surface area contributed by atoms with Crippen LogP contribution in [0.4, 0.5) is 0 Å². The monoisotopic (exact) mass is 435 g/mol. The molecule has 0 bridgehead atoms. The molecule has 4 rings (SSSR count). The number of fused-ring (bicyclic) bond motifs is 1. The van der Waals surface area contributed by atoms with Crippen molar-refractivity contribution in [1.82, 2.24) is 4.90 Å². The van der Waals surface area contributed by atoms with Gasteiger partial charge in [0.05, 0.1) is 24.8 Å². The number of hydrogen-bond donors (Lipinski definition) is 1. The van der Waals surface area contributed by atoms with Crippen molar-refractivity contribution in [2.24, 2.45) is 0 Å². The van der Waals surface area contributed by atoms with Crippen LogP contribution in [-0.4, -0.2) is 48.6 Å². The normalized spacial score (nSPS) is 16.2. The Morgan fingerprint density at radius 1 is 1.12 bits per heavy atom. The van der Waals surface area contributed by atoms with Crippen LogP contribution in [-0.2, 0) is 9.53 Å². The summed E-state index contributed by atoms with van der Waals surface area (Å²) in [6.45, 7) is 3.10. The Morgan fingerprint density at radius 2 is 1.88 bits per heavy atom. The van der Waals surface area contributed by atoms with Crippen molar-refractivity contribution < 1.29 is 28.6 Å². The number of ether oxygens (including phenoxy) is 2. The number of nitrogens with zero attached hydrogens (tertiary/aromatic N) is 1. The van der Waals surface area contributed by atoms with E-state index in [0.717, 1.165) is 11.8 Å². The molecule has 1 aromatic heterocycles. The van der Waals surface area contributed by atoms with E-state index in [1.54, 1.807) is 36.4 Å². The van der Waals surface area contributed by atoms with E-state index in [1.165, 1.54) is 12.0 Å². The third-order valence-corrected chi connectivity index (χ3v) is 5.40. The van der Waals surface area contributed by atoms with Crippen LogP contribution in [0.25, 0.3) is 11.0 Å². The van der Waals surface area contributed by atoms with Crippen LogP contribution in [0.1, 0.15) is 35.5 Å². The summed E-state index contributed by atoms with van der Waals surface area (Å²) < 4.78 is 16.5. The number of Topliss-reactive ketones (excluding diaryl/α,β-unsaturated/α-hetero) is 1. The fourth-order valence-corrected chi connectivity index (χ4v) is 3.85. The van der Waals surface area contributed by atoms with Gasteiger partial charge in [0, 0.05) is 19.0 Å². The highest BCUT2D eigenvalue weighted by molar-refractivity contribution is 6.16. The predicted molar refractivity (Wildman–Crippen MR) is 119 cm³/mol. The Morgan fingerprint density at radius 3 is 2.56 bits per heavy atom. The van der Waals surface area contributed by atoms with Crippen molar-refractivity contribution in [3.8, 4) is 5.75 Å². The Bertz CT molecular complexity index is 1130. The number of aliphatic hydroxyl groups is 1. The molecule has 7 heteroatoms. The number of aliphatic hydroxyl groups excluding tert-OH is 1. The second-order valence-corrected chi connectivity index (χ2v) is 7.55. The SMILES string of the molecule is CCCOc1ccc(C2C(C(=O)c3cc4ccccc4o3)=C(O)C(=O)N2CCOC)cc1. The number of benzene rings is 2. The quantitative estimate of drug-likeness (QED) is 0.500. The molecular weight excluding hydrogens is 410 g/mol. The molecule has 166 valence electrons. The summed E-state index contributed by atoms with van der Waals surface area (Å²) in [6.07, 6.45) is 0.885.